The summed E-state index contributed by atoms with van der Waals surface area (Å²) in [6.07, 6.45) is 0.890. The Morgan fingerprint density at radius 3 is 2.41 bits per heavy atom. The smallest absolute Gasteiger partial charge is 0.249 e. The fourth-order valence-electron chi connectivity index (χ4n) is 1.25. The van der Waals surface area contributed by atoms with Crippen molar-refractivity contribution in [3.63, 3.8) is 0 Å². The average Bonchev–Trinajstić information content (AvgIpc) is 2.30. The van der Waals surface area contributed by atoms with Gasteiger partial charge < -0.3 is 0 Å². The van der Waals surface area contributed by atoms with Crippen LogP contribution in [0.5, 0.6) is 0 Å². The molecule has 1 N–H and O–H groups in total. The lowest BCUT2D eigenvalue weighted by Gasteiger charge is -2.10. The summed E-state index contributed by atoms with van der Waals surface area (Å²) < 4.78 is 25.7. The van der Waals surface area contributed by atoms with E-state index in [-0.39, 0.29) is 6.42 Å². The highest BCUT2D eigenvalue weighted by Crippen LogP contribution is 2.14. The zero-order valence-corrected chi connectivity index (χ0v) is 10.1. The molecule has 1 rings (SSSR count). The quantitative estimate of drug-likeness (QED) is 0.805. The highest BCUT2D eigenvalue weighted by molar-refractivity contribution is 7.93. The first-order valence-electron chi connectivity index (χ1n) is 5.00. The minimum absolute atomic E-state index is 0.220. The normalized spacial score (nSPS) is 12.5. The maximum Gasteiger partial charge on any atom is 0.249 e. The molecular weight excluding hydrogens is 240 g/mol. The van der Waals surface area contributed by atoms with Gasteiger partial charge in [-0.15, -0.1) is 0 Å². The second-order valence-corrected chi connectivity index (χ2v) is 5.28. The van der Waals surface area contributed by atoms with Crippen LogP contribution in [-0.4, -0.2) is 20.0 Å². The molecule has 0 fully saturated rings. The van der Waals surface area contributed by atoms with Crippen LogP contribution in [0.4, 0.5) is 5.69 Å². The van der Waals surface area contributed by atoms with Gasteiger partial charge in [-0.05, 0) is 30.7 Å². The predicted molar refractivity (Wildman–Crippen MR) is 64.1 cm³/mol. The largest absolute Gasteiger partial charge is 0.298 e. The van der Waals surface area contributed by atoms with Crippen molar-refractivity contribution in [3.8, 4) is 6.07 Å². The zero-order valence-electron chi connectivity index (χ0n) is 9.25. The van der Waals surface area contributed by atoms with E-state index in [1.807, 2.05) is 0 Å². The number of hydrogen-bond acceptors (Lipinski definition) is 4. The van der Waals surface area contributed by atoms with Gasteiger partial charge in [-0.25, -0.2) is 8.42 Å². The topological polar surface area (TPSA) is 87.0 Å². The van der Waals surface area contributed by atoms with Gasteiger partial charge in [0.15, 0.2) is 5.25 Å². The lowest BCUT2D eigenvalue weighted by Crippen LogP contribution is -2.25. The molecule has 6 heteroatoms. The zero-order chi connectivity index (χ0) is 12.9. The maximum absolute atomic E-state index is 11.7. The summed E-state index contributed by atoms with van der Waals surface area (Å²) in [5, 5.41) is 7.63. The van der Waals surface area contributed by atoms with Crippen LogP contribution in [0.3, 0.4) is 0 Å². The molecular formula is C11H12N2O3S. The Morgan fingerprint density at radius 1 is 1.41 bits per heavy atom. The van der Waals surface area contributed by atoms with Crippen molar-refractivity contribution in [1.29, 1.82) is 5.26 Å². The minimum Gasteiger partial charge on any atom is -0.298 e. The molecule has 0 bridgehead atoms. The lowest BCUT2D eigenvalue weighted by atomic mass is 10.2. The van der Waals surface area contributed by atoms with Crippen molar-refractivity contribution in [2.24, 2.45) is 0 Å². The summed E-state index contributed by atoms with van der Waals surface area (Å²) in [4.78, 5) is 10.4. The summed E-state index contributed by atoms with van der Waals surface area (Å²) in [7, 11) is -3.69. The molecule has 0 aliphatic carbocycles. The molecule has 0 spiro atoms. The van der Waals surface area contributed by atoms with E-state index in [1.54, 1.807) is 13.0 Å². The summed E-state index contributed by atoms with van der Waals surface area (Å²) in [5.74, 6) is 0. The first kappa shape index (κ1) is 13.2. The van der Waals surface area contributed by atoms with Crippen molar-refractivity contribution < 1.29 is 13.2 Å². The van der Waals surface area contributed by atoms with Crippen LogP contribution in [0.25, 0.3) is 0 Å². The molecule has 0 heterocycles. The number of carbonyl (C=O) groups is 1. The van der Waals surface area contributed by atoms with E-state index >= 15 is 0 Å². The van der Waals surface area contributed by atoms with E-state index in [2.05, 4.69) is 4.72 Å². The Morgan fingerprint density at radius 2 is 2.00 bits per heavy atom. The summed E-state index contributed by atoms with van der Waals surface area (Å²) in [6.45, 7) is 1.63. The van der Waals surface area contributed by atoms with Gasteiger partial charge >= 0.3 is 0 Å². The second kappa shape index (κ2) is 5.46. The summed E-state index contributed by atoms with van der Waals surface area (Å²) >= 11 is 0. The Bertz CT molecular complexity index is 529. The Hall–Kier alpha value is -1.87. The molecule has 0 aliphatic heterocycles. The molecule has 17 heavy (non-hydrogen) atoms. The molecule has 0 saturated carbocycles. The van der Waals surface area contributed by atoms with E-state index in [1.165, 1.54) is 24.3 Å². The van der Waals surface area contributed by atoms with Crippen LogP contribution in [0.1, 0.15) is 23.7 Å². The van der Waals surface area contributed by atoms with Crippen molar-refractivity contribution in [3.05, 3.63) is 29.8 Å². The molecule has 0 aliphatic rings. The number of aldehydes is 1. The number of hydrogen-bond donors (Lipinski definition) is 1. The maximum atomic E-state index is 11.7. The predicted octanol–water partition coefficient (Wildman–Crippen LogP) is 1.54. The molecule has 1 aromatic rings. The molecule has 0 amide bonds. The van der Waals surface area contributed by atoms with Gasteiger partial charge in [0.25, 0.3) is 0 Å². The molecule has 90 valence electrons. The summed E-state index contributed by atoms with van der Waals surface area (Å²) in [5.41, 5.74) is 0.796. The molecule has 0 aromatic heterocycles. The van der Waals surface area contributed by atoms with Gasteiger partial charge in [-0.1, -0.05) is 6.92 Å². The van der Waals surface area contributed by atoms with Crippen LogP contribution in [-0.2, 0) is 10.0 Å². The highest BCUT2D eigenvalue weighted by Gasteiger charge is 2.23. The van der Waals surface area contributed by atoms with Gasteiger partial charge in [-0.2, -0.15) is 5.26 Å². The Kier molecular flexibility index (Phi) is 4.24. The third-order valence-corrected chi connectivity index (χ3v) is 3.90. The van der Waals surface area contributed by atoms with E-state index in [0.717, 1.165) is 0 Å². The first-order valence-corrected chi connectivity index (χ1v) is 6.54. The van der Waals surface area contributed by atoms with Crippen LogP contribution >= 0.6 is 0 Å². The van der Waals surface area contributed by atoms with Crippen molar-refractivity contribution in [2.45, 2.75) is 18.6 Å². The molecule has 0 saturated heterocycles. The molecule has 1 atom stereocenters. The molecule has 0 radical (unpaired) electrons. The SMILES string of the molecule is CCC(C#N)S(=O)(=O)Nc1ccc(C=O)cc1. The van der Waals surface area contributed by atoms with Crippen molar-refractivity contribution >= 4 is 22.0 Å². The number of anilines is 1. The van der Waals surface area contributed by atoms with Gasteiger partial charge in [0.2, 0.25) is 10.0 Å². The first-order chi connectivity index (χ1) is 8.03. The number of nitrogens with zero attached hydrogens (tertiary/aromatic N) is 1. The molecule has 1 unspecified atom stereocenters. The van der Waals surface area contributed by atoms with Gasteiger partial charge in [0.05, 0.1) is 6.07 Å². The average molecular weight is 252 g/mol. The number of nitrogens with one attached hydrogen (secondary N) is 1. The van der Waals surface area contributed by atoms with Crippen LogP contribution in [0.15, 0.2) is 24.3 Å². The Labute approximate surface area is 100 Å². The minimum atomic E-state index is -3.69. The third kappa shape index (κ3) is 3.29. The van der Waals surface area contributed by atoms with E-state index in [9.17, 15) is 13.2 Å². The highest BCUT2D eigenvalue weighted by atomic mass is 32.2. The Balaban J connectivity index is 2.90. The lowest BCUT2D eigenvalue weighted by molar-refractivity contribution is 0.112. The second-order valence-electron chi connectivity index (χ2n) is 3.41. The van der Waals surface area contributed by atoms with Gasteiger partial charge in [-0.3, -0.25) is 9.52 Å². The molecule has 1 aromatic carbocycles. The van der Waals surface area contributed by atoms with Crippen LogP contribution in [0.2, 0.25) is 0 Å². The summed E-state index contributed by atoms with van der Waals surface area (Å²) in [6, 6.07) is 7.68. The fraction of sp³-hybridized carbons (Fsp3) is 0.273. The standard InChI is InChI=1S/C11H12N2O3S/c1-2-11(7-12)17(15,16)13-10-5-3-9(8-14)4-6-10/h3-6,8,11,13H,2H2,1H3. The van der Waals surface area contributed by atoms with E-state index in [4.69, 9.17) is 5.26 Å². The van der Waals surface area contributed by atoms with Gasteiger partial charge in [0, 0.05) is 11.3 Å². The fourth-order valence-corrected chi connectivity index (χ4v) is 2.43. The number of rotatable bonds is 5. The van der Waals surface area contributed by atoms with Crippen molar-refractivity contribution in [1.82, 2.24) is 0 Å². The third-order valence-electron chi connectivity index (χ3n) is 2.20. The van der Waals surface area contributed by atoms with Gasteiger partial charge in [0.1, 0.15) is 6.29 Å². The van der Waals surface area contributed by atoms with Crippen molar-refractivity contribution in [2.75, 3.05) is 4.72 Å². The number of benzene rings is 1. The number of carbonyl (C=O) groups excluding carboxylic acids is 1. The van der Waals surface area contributed by atoms with Crippen LogP contribution < -0.4 is 4.72 Å². The van der Waals surface area contributed by atoms with Crippen LogP contribution in [0, 0.1) is 11.3 Å². The molecule has 5 nitrogen and oxygen atoms in total. The van der Waals surface area contributed by atoms with E-state index < -0.39 is 15.3 Å². The monoisotopic (exact) mass is 252 g/mol. The number of nitriles is 1. The van der Waals surface area contributed by atoms with E-state index in [0.29, 0.717) is 17.5 Å². The number of sulfonamides is 1.